The average Bonchev–Trinajstić information content (AvgIpc) is 2.99. The number of carbonyl (C=O) groups is 2. The van der Waals surface area contributed by atoms with Gasteiger partial charge in [-0.3, -0.25) is 9.59 Å². The molecule has 0 aliphatic rings. The van der Waals surface area contributed by atoms with E-state index in [9.17, 15) is 9.59 Å². The van der Waals surface area contributed by atoms with Crippen molar-refractivity contribution < 1.29 is 14.0 Å². The fourth-order valence-corrected chi connectivity index (χ4v) is 1.79. The highest BCUT2D eigenvalue weighted by Gasteiger charge is 2.07. The number of nitrogens with one attached hydrogen (secondary N) is 2. The van der Waals surface area contributed by atoms with Crippen LogP contribution in [0.1, 0.15) is 16.9 Å². The first-order valence-corrected chi connectivity index (χ1v) is 6.75. The summed E-state index contributed by atoms with van der Waals surface area (Å²) in [7, 11) is 0. The van der Waals surface area contributed by atoms with Gasteiger partial charge in [-0.2, -0.15) is 0 Å². The van der Waals surface area contributed by atoms with Gasteiger partial charge in [-0.25, -0.2) is 0 Å². The highest BCUT2D eigenvalue weighted by atomic mass is 16.3. The maximum atomic E-state index is 11.7. The highest BCUT2D eigenvalue weighted by molar-refractivity contribution is 5.85. The maximum absolute atomic E-state index is 11.7. The maximum Gasteiger partial charge on any atom is 0.239 e. The molecule has 5 heteroatoms. The Balaban J connectivity index is 1.68. The van der Waals surface area contributed by atoms with Crippen LogP contribution in [0.5, 0.6) is 0 Å². The van der Waals surface area contributed by atoms with Crippen molar-refractivity contribution in [3.63, 3.8) is 0 Å². The minimum Gasteiger partial charge on any atom is -0.467 e. The molecule has 0 saturated heterocycles. The van der Waals surface area contributed by atoms with Crippen molar-refractivity contribution in [1.29, 1.82) is 0 Å². The normalized spacial score (nSPS) is 10.1. The summed E-state index contributed by atoms with van der Waals surface area (Å²) in [5, 5.41) is 5.26. The van der Waals surface area contributed by atoms with Crippen molar-refractivity contribution in [1.82, 2.24) is 10.6 Å². The Kier molecular flexibility index (Phi) is 5.15. The standard InChI is InChI=1S/C16H18N2O3/c1-12-4-6-13(7-5-12)9-15(19)18-11-16(20)17-10-14-3-2-8-21-14/h2-8H,9-11H2,1H3,(H,17,20)(H,18,19). The lowest BCUT2D eigenvalue weighted by Gasteiger charge is -2.06. The molecular weight excluding hydrogens is 268 g/mol. The van der Waals surface area contributed by atoms with E-state index < -0.39 is 0 Å². The highest BCUT2D eigenvalue weighted by Crippen LogP contribution is 2.03. The predicted molar refractivity (Wildman–Crippen MR) is 78.4 cm³/mol. The van der Waals surface area contributed by atoms with Crippen LogP contribution in [0.25, 0.3) is 0 Å². The molecule has 0 radical (unpaired) electrons. The van der Waals surface area contributed by atoms with Gasteiger partial charge in [0.25, 0.3) is 0 Å². The number of carbonyl (C=O) groups excluding carboxylic acids is 2. The fourth-order valence-electron chi connectivity index (χ4n) is 1.79. The Morgan fingerprint density at radius 3 is 2.48 bits per heavy atom. The topological polar surface area (TPSA) is 71.3 Å². The number of amides is 2. The van der Waals surface area contributed by atoms with Crippen molar-refractivity contribution in [2.75, 3.05) is 6.54 Å². The molecule has 2 amide bonds. The second-order valence-electron chi connectivity index (χ2n) is 4.80. The third kappa shape index (κ3) is 5.14. The minimum absolute atomic E-state index is 0.0363. The molecule has 0 bridgehead atoms. The van der Waals surface area contributed by atoms with Crippen LogP contribution in [0.4, 0.5) is 0 Å². The Labute approximate surface area is 123 Å². The number of aryl methyl sites for hydroxylation is 1. The summed E-state index contributed by atoms with van der Waals surface area (Å²) in [4.78, 5) is 23.3. The Hall–Kier alpha value is -2.56. The molecule has 2 aromatic rings. The summed E-state index contributed by atoms with van der Waals surface area (Å²) >= 11 is 0. The summed E-state index contributed by atoms with van der Waals surface area (Å²) < 4.78 is 5.10. The summed E-state index contributed by atoms with van der Waals surface area (Å²) in [6.45, 7) is 2.28. The van der Waals surface area contributed by atoms with Crippen molar-refractivity contribution in [3.8, 4) is 0 Å². The van der Waals surface area contributed by atoms with Gasteiger partial charge in [0.1, 0.15) is 5.76 Å². The molecular formula is C16H18N2O3. The van der Waals surface area contributed by atoms with Crippen LogP contribution >= 0.6 is 0 Å². The Morgan fingerprint density at radius 1 is 1.05 bits per heavy atom. The van der Waals surface area contributed by atoms with Crippen molar-refractivity contribution in [2.45, 2.75) is 19.9 Å². The van der Waals surface area contributed by atoms with Crippen molar-refractivity contribution in [2.24, 2.45) is 0 Å². The van der Waals surface area contributed by atoms with Crippen LogP contribution in [0.15, 0.2) is 47.1 Å². The monoisotopic (exact) mass is 286 g/mol. The van der Waals surface area contributed by atoms with Gasteiger partial charge in [-0.1, -0.05) is 29.8 Å². The van der Waals surface area contributed by atoms with Crippen molar-refractivity contribution >= 4 is 11.8 Å². The first-order chi connectivity index (χ1) is 10.1. The largest absolute Gasteiger partial charge is 0.467 e. The van der Waals surface area contributed by atoms with Crippen LogP contribution in [0.2, 0.25) is 0 Å². The Morgan fingerprint density at radius 2 is 1.81 bits per heavy atom. The van der Waals surface area contributed by atoms with Gasteiger partial charge in [-0.15, -0.1) is 0 Å². The number of benzene rings is 1. The van der Waals surface area contributed by atoms with E-state index in [2.05, 4.69) is 10.6 Å². The van der Waals surface area contributed by atoms with Gasteiger partial charge in [0.05, 0.1) is 25.8 Å². The zero-order valence-electron chi connectivity index (χ0n) is 11.9. The van der Waals surface area contributed by atoms with E-state index in [4.69, 9.17) is 4.42 Å². The third-order valence-corrected chi connectivity index (χ3v) is 2.97. The lowest BCUT2D eigenvalue weighted by atomic mass is 10.1. The van der Waals surface area contributed by atoms with Crippen LogP contribution < -0.4 is 10.6 Å². The molecule has 5 nitrogen and oxygen atoms in total. The zero-order valence-corrected chi connectivity index (χ0v) is 11.9. The first-order valence-electron chi connectivity index (χ1n) is 6.75. The second-order valence-corrected chi connectivity index (χ2v) is 4.80. The lowest BCUT2D eigenvalue weighted by molar-refractivity contribution is -0.125. The smallest absolute Gasteiger partial charge is 0.239 e. The summed E-state index contributed by atoms with van der Waals surface area (Å²) in [5.41, 5.74) is 2.07. The number of furan rings is 1. The molecule has 1 heterocycles. The van der Waals surface area contributed by atoms with Crippen molar-refractivity contribution in [3.05, 3.63) is 59.5 Å². The third-order valence-electron chi connectivity index (χ3n) is 2.97. The number of rotatable bonds is 6. The Bertz CT molecular complexity index is 588. The van der Waals surface area contributed by atoms with E-state index in [0.29, 0.717) is 12.3 Å². The molecule has 0 fully saturated rings. The second kappa shape index (κ2) is 7.28. The molecule has 1 aromatic heterocycles. The molecule has 0 spiro atoms. The molecule has 0 saturated carbocycles. The molecule has 0 atom stereocenters. The predicted octanol–water partition coefficient (Wildman–Crippen LogP) is 1.56. The van der Waals surface area contributed by atoms with E-state index in [1.165, 1.54) is 0 Å². The van der Waals surface area contributed by atoms with E-state index >= 15 is 0 Å². The average molecular weight is 286 g/mol. The first kappa shape index (κ1) is 14.8. The number of hydrogen-bond donors (Lipinski definition) is 2. The summed E-state index contributed by atoms with van der Waals surface area (Å²) in [6, 6.07) is 11.3. The van der Waals surface area contributed by atoms with Gasteiger partial charge in [0.15, 0.2) is 0 Å². The van der Waals surface area contributed by atoms with E-state index in [0.717, 1.165) is 11.1 Å². The molecule has 0 aliphatic carbocycles. The molecule has 2 N–H and O–H groups in total. The molecule has 0 unspecified atom stereocenters. The lowest BCUT2D eigenvalue weighted by Crippen LogP contribution is -2.37. The molecule has 21 heavy (non-hydrogen) atoms. The van der Waals surface area contributed by atoms with Crippen LogP contribution in [-0.2, 0) is 22.6 Å². The van der Waals surface area contributed by atoms with Gasteiger partial charge in [0, 0.05) is 0 Å². The fraction of sp³-hybridized carbons (Fsp3) is 0.250. The van der Waals surface area contributed by atoms with Gasteiger partial charge in [0.2, 0.25) is 11.8 Å². The van der Waals surface area contributed by atoms with Gasteiger partial charge < -0.3 is 15.1 Å². The summed E-state index contributed by atoms with van der Waals surface area (Å²) in [5.74, 6) is 0.255. The van der Waals surface area contributed by atoms with Crippen LogP contribution in [0, 0.1) is 6.92 Å². The van der Waals surface area contributed by atoms with Crippen LogP contribution in [0.3, 0.4) is 0 Å². The molecule has 1 aromatic carbocycles. The number of hydrogen-bond acceptors (Lipinski definition) is 3. The van der Waals surface area contributed by atoms with E-state index in [1.807, 2.05) is 31.2 Å². The quantitative estimate of drug-likeness (QED) is 0.846. The van der Waals surface area contributed by atoms with E-state index in [-0.39, 0.29) is 24.8 Å². The van der Waals surface area contributed by atoms with Gasteiger partial charge in [-0.05, 0) is 24.6 Å². The minimum atomic E-state index is -0.247. The molecule has 2 rings (SSSR count). The van der Waals surface area contributed by atoms with E-state index in [1.54, 1.807) is 18.4 Å². The summed E-state index contributed by atoms with van der Waals surface area (Å²) in [6.07, 6.45) is 1.82. The zero-order chi connectivity index (χ0) is 15.1. The van der Waals surface area contributed by atoms with Gasteiger partial charge >= 0.3 is 0 Å². The molecule has 0 aliphatic heterocycles. The molecule has 110 valence electrons. The SMILES string of the molecule is Cc1ccc(CC(=O)NCC(=O)NCc2ccco2)cc1. The van der Waals surface area contributed by atoms with Crippen LogP contribution in [-0.4, -0.2) is 18.4 Å².